The number of benzene rings is 1. The van der Waals surface area contributed by atoms with Crippen LogP contribution in [0.4, 0.5) is 4.79 Å². The number of unbranched alkanes of at least 4 members (excludes halogenated alkanes) is 2. The van der Waals surface area contributed by atoms with Gasteiger partial charge in [-0.1, -0.05) is 44.4 Å². The van der Waals surface area contributed by atoms with E-state index in [2.05, 4.69) is 54.6 Å². The van der Waals surface area contributed by atoms with Crippen LogP contribution in [0.25, 0.3) is 10.9 Å². The fraction of sp³-hybridized carbons (Fsp3) is 0.526. The van der Waals surface area contributed by atoms with Gasteiger partial charge in [0.15, 0.2) is 0 Å². The summed E-state index contributed by atoms with van der Waals surface area (Å²) < 4.78 is 0. The summed E-state index contributed by atoms with van der Waals surface area (Å²) in [6, 6.07) is 8.47. The molecule has 0 aliphatic heterocycles. The molecule has 0 saturated heterocycles. The zero-order valence-electron chi connectivity index (χ0n) is 14.5. The van der Waals surface area contributed by atoms with Crippen LogP contribution in [-0.4, -0.2) is 23.6 Å². The predicted octanol–water partition coefficient (Wildman–Crippen LogP) is 4.29. The number of amides is 2. The maximum atomic E-state index is 11.9. The van der Waals surface area contributed by atoms with Gasteiger partial charge in [0.25, 0.3) is 0 Å². The maximum absolute atomic E-state index is 11.9. The molecule has 0 saturated carbocycles. The second-order valence-electron chi connectivity index (χ2n) is 6.32. The predicted molar refractivity (Wildman–Crippen MR) is 96.9 cm³/mol. The van der Waals surface area contributed by atoms with E-state index in [1.165, 1.54) is 35.9 Å². The van der Waals surface area contributed by atoms with Gasteiger partial charge in [0.1, 0.15) is 0 Å². The van der Waals surface area contributed by atoms with Gasteiger partial charge in [-0.25, -0.2) is 4.79 Å². The number of H-pyrrole nitrogens is 1. The monoisotopic (exact) mass is 315 g/mol. The van der Waals surface area contributed by atoms with Crippen LogP contribution in [0.3, 0.4) is 0 Å². The lowest BCUT2D eigenvalue weighted by Gasteiger charge is -2.14. The summed E-state index contributed by atoms with van der Waals surface area (Å²) in [6.07, 6.45) is 5.50. The number of para-hydroxylation sites is 1. The summed E-state index contributed by atoms with van der Waals surface area (Å²) in [6.45, 7) is 7.00. The smallest absolute Gasteiger partial charge is 0.315 e. The highest BCUT2D eigenvalue weighted by atomic mass is 16.2. The molecular weight excluding hydrogens is 286 g/mol. The molecule has 2 rings (SSSR count). The highest BCUT2D eigenvalue weighted by Gasteiger charge is 2.09. The standard InChI is InChI=1S/C19H29N3O/c1-4-5-6-9-14(2)21-19(23)20-13-12-16-15(3)22-18-11-8-7-10-17(16)18/h7-8,10-11,14,22H,4-6,9,12-13H2,1-3H3,(H2,20,21,23). The molecule has 0 spiro atoms. The van der Waals surface area contributed by atoms with Crippen molar-refractivity contribution in [3.63, 3.8) is 0 Å². The lowest BCUT2D eigenvalue weighted by molar-refractivity contribution is 0.237. The Bertz CT molecular complexity index is 633. The van der Waals surface area contributed by atoms with Crippen molar-refractivity contribution in [2.75, 3.05) is 6.54 Å². The highest BCUT2D eigenvalue weighted by molar-refractivity contribution is 5.84. The number of urea groups is 1. The van der Waals surface area contributed by atoms with E-state index in [1.54, 1.807) is 0 Å². The van der Waals surface area contributed by atoms with Crippen LogP contribution in [0.1, 0.15) is 50.8 Å². The van der Waals surface area contributed by atoms with Gasteiger partial charge in [0.2, 0.25) is 0 Å². The molecule has 1 aromatic heterocycles. The first kappa shape index (κ1) is 17.4. The number of aromatic amines is 1. The van der Waals surface area contributed by atoms with Gasteiger partial charge >= 0.3 is 6.03 Å². The van der Waals surface area contributed by atoms with Crippen molar-refractivity contribution < 1.29 is 4.79 Å². The number of fused-ring (bicyclic) bond motifs is 1. The number of aromatic nitrogens is 1. The lowest BCUT2D eigenvalue weighted by Crippen LogP contribution is -2.41. The van der Waals surface area contributed by atoms with E-state index >= 15 is 0 Å². The van der Waals surface area contributed by atoms with E-state index in [0.717, 1.165) is 18.4 Å². The number of carbonyl (C=O) groups excluding carboxylic acids is 1. The number of hydrogen-bond acceptors (Lipinski definition) is 1. The van der Waals surface area contributed by atoms with Crippen molar-refractivity contribution in [3.05, 3.63) is 35.5 Å². The first-order valence-electron chi connectivity index (χ1n) is 8.72. The van der Waals surface area contributed by atoms with Crippen molar-refractivity contribution in [1.82, 2.24) is 15.6 Å². The van der Waals surface area contributed by atoms with Gasteiger partial charge in [-0.2, -0.15) is 0 Å². The van der Waals surface area contributed by atoms with Crippen molar-refractivity contribution in [2.24, 2.45) is 0 Å². The molecule has 0 fully saturated rings. The number of rotatable bonds is 8. The first-order chi connectivity index (χ1) is 11.1. The molecule has 2 amide bonds. The van der Waals surface area contributed by atoms with E-state index in [-0.39, 0.29) is 12.1 Å². The molecular formula is C19H29N3O. The SMILES string of the molecule is CCCCCC(C)NC(=O)NCCc1c(C)[nH]c2ccccc12. The van der Waals surface area contributed by atoms with Crippen LogP contribution in [0.5, 0.6) is 0 Å². The van der Waals surface area contributed by atoms with Gasteiger partial charge in [-0.3, -0.25) is 0 Å². The van der Waals surface area contributed by atoms with Gasteiger partial charge in [0, 0.05) is 29.2 Å². The molecule has 1 heterocycles. The molecule has 126 valence electrons. The molecule has 1 atom stereocenters. The van der Waals surface area contributed by atoms with Crippen LogP contribution >= 0.6 is 0 Å². The Morgan fingerprint density at radius 3 is 2.83 bits per heavy atom. The summed E-state index contributed by atoms with van der Waals surface area (Å²) >= 11 is 0. The Hall–Kier alpha value is -1.97. The van der Waals surface area contributed by atoms with Crippen LogP contribution < -0.4 is 10.6 Å². The largest absolute Gasteiger partial charge is 0.358 e. The molecule has 0 aliphatic carbocycles. The van der Waals surface area contributed by atoms with Crippen LogP contribution in [0, 0.1) is 6.92 Å². The Morgan fingerprint density at radius 2 is 2.04 bits per heavy atom. The molecule has 3 N–H and O–H groups in total. The minimum absolute atomic E-state index is 0.0634. The minimum atomic E-state index is -0.0634. The number of aryl methyl sites for hydroxylation is 1. The van der Waals surface area contributed by atoms with Gasteiger partial charge in [-0.15, -0.1) is 0 Å². The molecule has 1 unspecified atom stereocenters. The van der Waals surface area contributed by atoms with Crippen LogP contribution in [0.15, 0.2) is 24.3 Å². The number of nitrogens with one attached hydrogen (secondary N) is 3. The average molecular weight is 315 g/mol. The second-order valence-corrected chi connectivity index (χ2v) is 6.32. The van der Waals surface area contributed by atoms with Crippen molar-refractivity contribution >= 4 is 16.9 Å². The molecule has 0 bridgehead atoms. The lowest BCUT2D eigenvalue weighted by atomic mass is 10.1. The molecule has 2 aromatic rings. The van der Waals surface area contributed by atoms with E-state index in [9.17, 15) is 4.79 Å². The highest BCUT2D eigenvalue weighted by Crippen LogP contribution is 2.21. The Morgan fingerprint density at radius 1 is 1.26 bits per heavy atom. The number of hydrogen-bond donors (Lipinski definition) is 3. The molecule has 0 radical (unpaired) electrons. The summed E-state index contributed by atoms with van der Waals surface area (Å²) in [5.41, 5.74) is 3.63. The molecule has 0 aliphatic rings. The fourth-order valence-corrected chi connectivity index (χ4v) is 3.01. The van der Waals surface area contributed by atoms with Crippen LogP contribution in [-0.2, 0) is 6.42 Å². The molecule has 23 heavy (non-hydrogen) atoms. The Kier molecular flexibility index (Phi) is 6.51. The van der Waals surface area contributed by atoms with E-state index in [1.807, 2.05) is 6.07 Å². The Balaban J connectivity index is 1.78. The topological polar surface area (TPSA) is 56.9 Å². The zero-order valence-corrected chi connectivity index (χ0v) is 14.5. The summed E-state index contributed by atoms with van der Waals surface area (Å²) in [5.74, 6) is 0. The minimum Gasteiger partial charge on any atom is -0.358 e. The molecule has 4 nitrogen and oxygen atoms in total. The second kappa shape index (κ2) is 8.61. The molecule has 1 aromatic carbocycles. The van der Waals surface area contributed by atoms with Crippen LogP contribution in [0.2, 0.25) is 0 Å². The van der Waals surface area contributed by atoms with Gasteiger partial charge in [0.05, 0.1) is 0 Å². The van der Waals surface area contributed by atoms with E-state index < -0.39 is 0 Å². The van der Waals surface area contributed by atoms with E-state index in [0.29, 0.717) is 6.54 Å². The number of carbonyl (C=O) groups is 1. The average Bonchev–Trinajstić information content (AvgIpc) is 2.83. The van der Waals surface area contributed by atoms with Crippen molar-refractivity contribution in [3.8, 4) is 0 Å². The maximum Gasteiger partial charge on any atom is 0.315 e. The summed E-state index contributed by atoms with van der Waals surface area (Å²) in [4.78, 5) is 15.3. The van der Waals surface area contributed by atoms with Crippen molar-refractivity contribution in [2.45, 2.75) is 58.9 Å². The summed E-state index contributed by atoms with van der Waals surface area (Å²) in [7, 11) is 0. The fourth-order valence-electron chi connectivity index (χ4n) is 3.01. The van der Waals surface area contributed by atoms with Gasteiger partial charge in [-0.05, 0) is 38.3 Å². The quantitative estimate of drug-likeness (QED) is 0.625. The normalized spacial score (nSPS) is 12.3. The third kappa shape index (κ3) is 5.02. The van der Waals surface area contributed by atoms with Gasteiger partial charge < -0.3 is 15.6 Å². The van der Waals surface area contributed by atoms with E-state index in [4.69, 9.17) is 0 Å². The van der Waals surface area contributed by atoms with Crippen molar-refractivity contribution in [1.29, 1.82) is 0 Å². The third-order valence-corrected chi connectivity index (χ3v) is 4.31. The third-order valence-electron chi connectivity index (χ3n) is 4.31. The summed E-state index contributed by atoms with van der Waals surface area (Å²) in [5, 5.41) is 7.23. The first-order valence-corrected chi connectivity index (χ1v) is 8.72. The Labute approximate surface area is 139 Å². The molecule has 4 heteroatoms. The zero-order chi connectivity index (χ0) is 16.7.